The van der Waals surface area contributed by atoms with Gasteiger partial charge in [0.25, 0.3) is 0 Å². The molecule has 1 N–H and O–H groups in total. The van der Waals surface area contributed by atoms with Gasteiger partial charge in [0.1, 0.15) is 0 Å². The van der Waals surface area contributed by atoms with Crippen LogP contribution in [0.15, 0.2) is 18.3 Å². The number of carbonyl (C=O) groups is 1. The van der Waals surface area contributed by atoms with Gasteiger partial charge in [-0.1, -0.05) is 13.0 Å². The van der Waals surface area contributed by atoms with Crippen LogP contribution in [0, 0.1) is 12.8 Å². The van der Waals surface area contributed by atoms with Gasteiger partial charge in [-0.05, 0) is 25.5 Å². The third kappa shape index (κ3) is 1.74. The van der Waals surface area contributed by atoms with Crippen molar-refractivity contribution in [2.45, 2.75) is 32.7 Å². The lowest BCUT2D eigenvalue weighted by Crippen LogP contribution is -2.24. The maximum atomic E-state index is 11.5. The van der Waals surface area contributed by atoms with Crippen LogP contribution in [-0.4, -0.2) is 16.9 Å². The zero-order valence-corrected chi connectivity index (χ0v) is 9.32. The average molecular weight is 204 g/mol. The molecule has 1 aromatic heterocycles. The summed E-state index contributed by atoms with van der Waals surface area (Å²) in [6.07, 6.45) is 1.86. The molecule has 3 nitrogen and oxygen atoms in total. The highest BCUT2D eigenvalue weighted by molar-refractivity contribution is 5.82. The first-order chi connectivity index (χ1) is 7.09. The van der Waals surface area contributed by atoms with Crippen molar-refractivity contribution in [1.82, 2.24) is 10.3 Å². The quantitative estimate of drug-likeness (QED) is 0.755. The summed E-state index contributed by atoms with van der Waals surface area (Å²) in [5, 5.41) is 2.95. The van der Waals surface area contributed by atoms with E-state index in [1.54, 1.807) is 0 Å². The van der Waals surface area contributed by atoms with Gasteiger partial charge in [0.05, 0.1) is 0 Å². The Balaban J connectivity index is 2.30. The third-order valence-electron chi connectivity index (χ3n) is 3.14. The molecule has 0 aromatic carbocycles. The Morgan fingerprint density at radius 2 is 2.07 bits per heavy atom. The Labute approximate surface area is 89.9 Å². The van der Waals surface area contributed by atoms with Gasteiger partial charge in [-0.15, -0.1) is 0 Å². The zero-order valence-electron chi connectivity index (χ0n) is 9.32. The van der Waals surface area contributed by atoms with Crippen molar-refractivity contribution in [3.63, 3.8) is 0 Å². The van der Waals surface area contributed by atoms with Gasteiger partial charge in [-0.25, -0.2) is 0 Å². The van der Waals surface area contributed by atoms with Crippen LogP contribution in [0.2, 0.25) is 0 Å². The fourth-order valence-corrected chi connectivity index (χ4v) is 2.23. The second-order valence-electron chi connectivity index (χ2n) is 4.37. The molecule has 1 saturated heterocycles. The topological polar surface area (TPSA) is 42.0 Å². The Bertz CT molecular complexity index is 372. The largest absolute Gasteiger partial charge is 0.353 e. The number of aryl methyl sites for hydroxylation is 1. The molecule has 0 saturated carbocycles. The number of hydrogen-bond donors (Lipinski definition) is 1. The molecule has 0 bridgehead atoms. The molecule has 1 aliphatic rings. The lowest BCUT2D eigenvalue weighted by molar-refractivity contribution is -0.122. The molecule has 2 rings (SSSR count). The second kappa shape index (κ2) is 3.65. The fourth-order valence-electron chi connectivity index (χ4n) is 2.23. The van der Waals surface area contributed by atoms with Crippen molar-refractivity contribution >= 4 is 5.91 Å². The number of pyridine rings is 1. The van der Waals surface area contributed by atoms with Crippen LogP contribution >= 0.6 is 0 Å². The molecule has 2 heterocycles. The van der Waals surface area contributed by atoms with E-state index in [0.29, 0.717) is 0 Å². The number of amides is 1. The van der Waals surface area contributed by atoms with Crippen molar-refractivity contribution in [3.05, 3.63) is 29.6 Å². The summed E-state index contributed by atoms with van der Waals surface area (Å²) in [6.45, 7) is 6.01. The van der Waals surface area contributed by atoms with Crippen LogP contribution < -0.4 is 5.32 Å². The summed E-state index contributed by atoms with van der Waals surface area (Å²) >= 11 is 0. The van der Waals surface area contributed by atoms with Crippen molar-refractivity contribution in [2.24, 2.45) is 5.92 Å². The number of carbonyl (C=O) groups excluding carboxylic acids is 1. The molecule has 3 heteroatoms. The molecule has 1 fully saturated rings. The van der Waals surface area contributed by atoms with Crippen molar-refractivity contribution in [1.29, 1.82) is 0 Å². The summed E-state index contributed by atoms with van der Waals surface area (Å²) in [6, 6.07) is 4.25. The van der Waals surface area contributed by atoms with E-state index in [-0.39, 0.29) is 23.8 Å². The van der Waals surface area contributed by atoms with E-state index < -0.39 is 0 Å². The number of nitrogens with zero attached hydrogens (tertiary/aromatic N) is 1. The van der Waals surface area contributed by atoms with E-state index >= 15 is 0 Å². The first-order valence-electron chi connectivity index (χ1n) is 5.32. The molecule has 0 radical (unpaired) electrons. The summed E-state index contributed by atoms with van der Waals surface area (Å²) in [4.78, 5) is 15.9. The van der Waals surface area contributed by atoms with Crippen molar-refractivity contribution < 1.29 is 4.79 Å². The second-order valence-corrected chi connectivity index (χ2v) is 4.37. The van der Waals surface area contributed by atoms with Gasteiger partial charge < -0.3 is 5.32 Å². The molecular formula is C12H16N2O. The molecule has 15 heavy (non-hydrogen) atoms. The first-order valence-corrected chi connectivity index (χ1v) is 5.32. The normalized spacial score (nSPS) is 30.3. The SMILES string of the molecule is Cc1ccc([C@@H]2[C@H](C)NC(=O)[C@H]2C)nc1. The Hall–Kier alpha value is -1.38. The Morgan fingerprint density at radius 1 is 1.33 bits per heavy atom. The minimum atomic E-state index is 0.0233. The molecule has 3 atom stereocenters. The highest BCUT2D eigenvalue weighted by Crippen LogP contribution is 2.31. The molecule has 80 valence electrons. The maximum absolute atomic E-state index is 11.5. The van der Waals surface area contributed by atoms with E-state index in [4.69, 9.17) is 0 Å². The number of aromatic nitrogens is 1. The molecule has 0 spiro atoms. The van der Waals surface area contributed by atoms with E-state index in [2.05, 4.69) is 10.3 Å². The number of hydrogen-bond acceptors (Lipinski definition) is 2. The summed E-state index contributed by atoms with van der Waals surface area (Å²) in [5.74, 6) is 0.364. The number of nitrogens with one attached hydrogen (secondary N) is 1. The monoisotopic (exact) mass is 204 g/mol. The predicted molar refractivity (Wildman–Crippen MR) is 58.5 cm³/mol. The van der Waals surface area contributed by atoms with Gasteiger partial charge in [0, 0.05) is 29.8 Å². The van der Waals surface area contributed by atoms with E-state index in [1.165, 1.54) is 0 Å². The van der Waals surface area contributed by atoms with Gasteiger partial charge in [-0.3, -0.25) is 9.78 Å². The highest BCUT2D eigenvalue weighted by Gasteiger charge is 2.38. The summed E-state index contributed by atoms with van der Waals surface area (Å²) in [7, 11) is 0. The number of rotatable bonds is 1. The highest BCUT2D eigenvalue weighted by atomic mass is 16.2. The molecule has 0 unspecified atom stereocenters. The smallest absolute Gasteiger partial charge is 0.223 e. The minimum absolute atomic E-state index is 0.0233. The summed E-state index contributed by atoms with van der Waals surface area (Å²) in [5.41, 5.74) is 2.16. The minimum Gasteiger partial charge on any atom is -0.353 e. The van der Waals surface area contributed by atoms with Crippen LogP contribution in [-0.2, 0) is 4.79 Å². The zero-order chi connectivity index (χ0) is 11.0. The van der Waals surface area contributed by atoms with Crippen molar-refractivity contribution in [2.75, 3.05) is 0 Å². The molecule has 1 aliphatic heterocycles. The average Bonchev–Trinajstić information content (AvgIpc) is 2.44. The van der Waals surface area contributed by atoms with E-state index in [9.17, 15) is 4.79 Å². The first kappa shape index (κ1) is 10.1. The molecule has 1 aromatic rings. The third-order valence-corrected chi connectivity index (χ3v) is 3.14. The van der Waals surface area contributed by atoms with Crippen LogP contribution in [0.25, 0.3) is 0 Å². The van der Waals surface area contributed by atoms with E-state index in [1.807, 2.05) is 39.1 Å². The van der Waals surface area contributed by atoms with Crippen LogP contribution in [0.5, 0.6) is 0 Å². The maximum Gasteiger partial charge on any atom is 0.223 e. The Kier molecular flexibility index (Phi) is 2.47. The Morgan fingerprint density at radius 3 is 2.53 bits per heavy atom. The fraction of sp³-hybridized carbons (Fsp3) is 0.500. The van der Waals surface area contributed by atoms with Gasteiger partial charge in [0.15, 0.2) is 0 Å². The predicted octanol–water partition coefficient (Wildman–Crippen LogP) is 1.63. The lowest BCUT2D eigenvalue weighted by atomic mass is 9.89. The van der Waals surface area contributed by atoms with Gasteiger partial charge in [0.2, 0.25) is 5.91 Å². The van der Waals surface area contributed by atoms with Gasteiger partial charge >= 0.3 is 0 Å². The van der Waals surface area contributed by atoms with Crippen LogP contribution in [0.4, 0.5) is 0 Å². The van der Waals surface area contributed by atoms with Gasteiger partial charge in [-0.2, -0.15) is 0 Å². The van der Waals surface area contributed by atoms with Crippen LogP contribution in [0.3, 0.4) is 0 Å². The van der Waals surface area contributed by atoms with Crippen LogP contribution in [0.1, 0.15) is 31.0 Å². The molecule has 1 amide bonds. The van der Waals surface area contributed by atoms with E-state index in [0.717, 1.165) is 11.3 Å². The van der Waals surface area contributed by atoms with Crippen molar-refractivity contribution in [3.8, 4) is 0 Å². The summed E-state index contributed by atoms with van der Waals surface area (Å²) < 4.78 is 0. The lowest BCUT2D eigenvalue weighted by Gasteiger charge is -2.16. The molecular weight excluding hydrogens is 188 g/mol. The standard InChI is InChI=1S/C12H16N2O/c1-7-4-5-10(13-6-7)11-8(2)12(15)14-9(11)3/h4-6,8-9,11H,1-3H3,(H,14,15)/t8-,9-,11-/m0/s1. The molecule has 0 aliphatic carbocycles.